The molecule has 0 aliphatic carbocycles. The van der Waals surface area contributed by atoms with Crippen LogP contribution < -0.4 is 5.73 Å². The highest BCUT2D eigenvalue weighted by molar-refractivity contribution is 9.10. The van der Waals surface area contributed by atoms with Crippen LogP contribution in [0.4, 0.5) is 5.69 Å². The van der Waals surface area contributed by atoms with Crippen LogP contribution in [-0.4, -0.2) is 18.3 Å². The summed E-state index contributed by atoms with van der Waals surface area (Å²) in [4.78, 5) is 12.6. The number of thioether (sulfide) groups is 1. The van der Waals surface area contributed by atoms with Crippen molar-refractivity contribution in [2.24, 2.45) is 0 Å². The Bertz CT molecular complexity index is 412. The Balaban J connectivity index is 2.81. The average molecular weight is 332 g/mol. The average Bonchev–Trinajstić information content (AvgIpc) is 2.37. The molecule has 0 aromatic heterocycles. The van der Waals surface area contributed by atoms with Crippen LogP contribution in [0.1, 0.15) is 26.2 Å². The number of nitrogen functional groups attached to an aromatic ring is 1. The molecular formula is C13H18BrNO2S. The maximum absolute atomic E-state index is 11.7. The SMILES string of the molecule is CCCCC(Sc1cc(Br)ccc1N)C(=O)OC. The van der Waals surface area contributed by atoms with Crippen LogP contribution in [0.5, 0.6) is 0 Å². The van der Waals surface area contributed by atoms with Crippen LogP contribution in [0.3, 0.4) is 0 Å². The Morgan fingerprint density at radius 1 is 1.56 bits per heavy atom. The quantitative estimate of drug-likeness (QED) is 0.488. The maximum Gasteiger partial charge on any atom is 0.319 e. The van der Waals surface area contributed by atoms with Gasteiger partial charge in [0.2, 0.25) is 0 Å². The molecule has 0 saturated heterocycles. The number of methoxy groups -OCH3 is 1. The molecule has 0 spiro atoms. The lowest BCUT2D eigenvalue weighted by atomic mass is 10.2. The van der Waals surface area contributed by atoms with Gasteiger partial charge in [-0.05, 0) is 24.6 Å². The number of unbranched alkanes of at least 4 members (excludes halogenated alkanes) is 1. The summed E-state index contributed by atoms with van der Waals surface area (Å²) >= 11 is 4.88. The van der Waals surface area contributed by atoms with Crippen molar-refractivity contribution < 1.29 is 9.53 Å². The van der Waals surface area contributed by atoms with Crippen LogP contribution in [0, 0.1) is 0 Å². The van der Waals surface area contributed by atoms with E-state index in [0.29, 0.717) is 5.69 Å². The molecular weight excluding hydrogens is 314 g/mol. The Hall–Kier alpha value is -0.680. The van der Waals surface area contributed by atoms with E-state index in [4.69, 9.17) is 10.5 Å². The molecule has 3 nitrogen and oxygen atoms in total. The third-order valence-electron chi connectivity index (χ3n) is 2.53. The molecule has 1 rings (SSSR count). The molecule has 1 unspecified atom stereocenters. The molecule has 5 heteroatoms. The summed E-state index contributed by atoms with van der Waals surface area (Å²) in [5.41, 5.74) is 6.60. The van der Waals surface area contributed by atoms with Crippen LogP contribution in [-0.2, 0) is 9.53 Å². The Morgan fingerprint density at radius 2 is 2.28 bits per heavy atom. The summed E-state index contributed by atoms with van der Waals surface area (Å²) in [5, 5.41) is -0.188. The molecule has 1 atom stereocenters. The van der Waals surface area contributed by atoms with Gasteiger partial charge in [-0.25, -0.2) is 0 Å². The van der Waals surface area contributed by atoms with Gasteiger partial charge in [0.15, 0.2) is 0 Å². The van der Waals surface area contributed by atoms with E-state index in [1.54, 1.807) is 0 Å². The molecule has 100 valence electrons. The zero-order valence-corrected chi connectivity index (χ0v) is 13.0. The van der Waals surface area contributed by atoms with Crippen molar-refractivity contribution in [1.82, 2.24) is 0 Å². The van der Waals surface area contributed by atoms with E-state index >= 15 is 0 Å². The summed E-state index contributed by atoms with van der Waals surface area (Å²) in [5.74, 6) is -0.187. The Labute approximate surface area is 121 Å². The van der Waals surface area contributed by atoms with Gasteiger partial charge in [-0.15, -0.1) is 11.8 Å². The summed E-state index contributed by atoms with van der Waals surface area (Å²) < 4.78 is 5.80. The molecule has 1 aromatic carbocycles. The van der Waals surface area contributed by atoms with Crippen LogP contribution in [0.2, 0.25) is 0 Å². The lowest BCUT2D eigenvalue weighted by Crippen LogP contribution is -2.18. The van der Waals surface area contributed by atoms with Crippen LogP contribution in [0.15, 0.2) is 27.6 Å². The summed E-state index contributed by atoms with van der Waals surface area (Å²) in [6.45, 7) is 2.10. The molecule has 0 aliphatic heterocycles. The van der Waals surface area contributed by atoms with E-state index in [1.165, 1.54) is 18.9 Å². The van der Waals surface area contributed by atoms with Crippen molar-refractivity contribution >= 4 is 39.3 Å². The monoisotopic (exact) mass is 331 g/mol. The highest BCUT2D eigenvalue weighted by Gasteiger charge is 2.21. The molecule has 0 heterocycles. The molecule has 0 amide bonds. The fraction of sp³-hybridized carbons (Fsp3) is 0.462. The van der Waals surface area contributed by atoms with Gasteiger partial charge in [-0.3, -0.25) is 4.79 Å². The van der Waals surface area contributed by atoms with Crippen molar-refractivity contribution in [3.63, 3.8) is 0 Å². The number of halogens is 1. The Kier molecular flexibility index (Phi) is 6.57. The first-order valence-electron chi connectivity index (χ1n) is 5.88. The molecule has 2 N–H and O–H groups in total. The van der Waals surface area contributed by atoms with Crippen molar-refractivity contribution in [1.29, 1.82) is 0 Å². The number of carbonyl (C=O) groups excluding carboxylic acids is 1. The largest absolute Gasteiger partial charge is 0.468 e. The summed E-state index contributed by atoms with van der Waals surface area (Å²) in [6.07, 6.45) is 2.86. The molecule has 0 radical (unpaired) electrons. The van der Waals surface area contributed by atoms with Crippen molar-refractivity contribution in [3.05, 3.63) is 22.7 Å². The molecule has 18 heavy (non-hydrogen) atoms. The number of ether oxygens (including phenoxy) is 1. The van der Waals surface area contributed by atoms with Gasteiger partial charge in [0.1, 0.15) is 5.25 Å². The first-order chi connectivity index (χ1) is 8.58. The van der Waals surface area contributed by atoms with E-state index in [9.17, 15) is 4.79 Å². The standard InChI is InChI=1S/C13H18BrNO2S/c1-3-4-5-11(13(16)17-2)18-12-8-9(14)6-7-10(12)15/h6-8,11H,3-5,15H2,1-2H3. The van der Waals surface area contributed by atoms with E-state index in [1.807, 2.05) is 18.2 Å². The number of rotatable bonds is 6. The lowest BCUT2D eigenvalue weighted by Gasteiger charge is -2.15. The third kappa shape index (κ3) is 4.53. The van der Waals surface area contributed by atoms with Gasteiger partial charge >= 0.3 is 5.97 Å². The van der Waals surface area contributed by atoms with Gasteiger partial charge < -0.3 is 10.5 Å². The lowest BCUT2D eigenvalue weighted by molar-refractivity contribution is -0.140. The van der Waals surface area contributed by atoms with Gasteiger partial charge in [0.05, 0.1) is 7.11 Å². The van der Waals surface area contributed by atoms with Crippen molar-refractivity contribution in [2.75, 3.05) is 12.8 Å². The van der Waals surface area contributed by atoms with Gasteiger partial charge in [-0.1, -0.05) is 35.7 Å². The first-order valence-corrected chi connectivity index (χ1v) is 7.55. The molecule has 0 fully saturated rings. The summed E-state index contributed by atoms with van der Waals surface area (Å²) in [7, 11) is 1.42. The zero-order valence-electron chi connectivity index (χ0n) is 10.6. The second kappa shape index (κ2) is 7.69. The highest BCUT2D eigenvalue weighted by Crippen LogP contribution is 2.33. The topological polar surface area (TPSA) is 52.3 Å². The van der Waals surface area contributed by atoms with E-state index in [-0.39, 0.29) is 11.2 Å². The van der Waals surface area contributed by atoms with Crippen molar-refractivity contribution in [2.45, 2.75) is 36.3 Å². The van der Waals surface area contributed by atoms with Gasteiger partial charge in [0.25, 0.3) is 0 Å². The van der Waals surface area contributed by atoms with Crippen LogP contribution >= 0.6 is 27.7 Å². The number of benzene rings is 1. The minimum absolute atomic E-state index is 0.187. The van der Waals surface area contributed by atoms with Crippen LogP contribution in [0.25, 0.3) is 0 Å². The predicted molar refractivity (Wildman–Crippen MR) is 79.7 cm³/mol. The molecule has 1 aromatic rings. The number of hydrogen-bond donors (Lipinski definition) is 1. The van der Waals surface area contributed by atoms with E-state index < -0.39 is 0 Å². The van der Waals surface area contributed by atoms with Gasteiger partial charge in [-0.2, -0.15) is 0 Å². The summed E-state index contributed by atoms with van der Waals surface area (Å²) in [6, 6.07) is 5.65. The maximum atomic E-state index is 11.7. The molecule has 0 saturated carbocycles. The number of nitrogens with two attached hydrogens (primary N) is 1. The van der Waals surface area contributed by atoms with Gasteiger partial charge in [0, 0.05) is 15.1 Å². The second-order valence-corrected chi connectivity index (χ2v) is 6.11. The number of esters is 1. The number of anilines is 1. The number of hydrogen-bond acceptors (Lipinski definition) is 4. The molecule has 0 bridgehead atoms. The first kappa shape index (κ1) is 15.4. The van der Waals surface area contributed by atoms with E-state index in [0.717, 1.165) is 28.6 Å². The fourth-order valence-corrected chi connectivity index (χ4v) is 3.20. The highest BCUT2D eigenvalue weighted by atomic mass is 79.9. The second-order valence-electron chi connectivity index (χ2n) is 3.95. The minimum Gasteiger partial charge on any atom is -0.468 e. The zero-order chi connectivity index (χ0) is 13.5. The smallest absolute Gasteiger partial charge is 0.319 e. The van der Waals surface area contributed by atoms with Crippen molar-refractivity contribution in [3.8, 4) is 0 Å². The minimum atomic E-state index is -0.188. The number of carbonyl (C=O) groups is 1. The predicted octanol–water partition coefficient (Wildman–Crippen LogP) is 3.86. The molecule has 0 aliphatic rings. The normalized spacial score (nSPS) is 12.2. The Morgan fingerprint density at radius 3 is 2.89 bits per heavy atom. The van der Waals surface area contributed by atoms with E-state index in [2.05, 4.69) is 22.9 Å². The third-order valence-corrected chi connectivity index (χ3v) is 4.34. The fourth-order valence-electron chi connectivity index (χ4n) is 1.51.